The van der Waals surface area contributed by atoms with Crippen molar-refractivity contribution in [3.63, 3.8) is 0 Å². The molecule has 7 nitrogen and oxygen atoms in total. The van der Waals surface area contributed by atoms with Crippen LogP contribution in [-0.4, -0.2) is 36.7 Å². The van der Waals surface area contributed by atoms with Crippen molar-refractivity contribution in [3.05, 3.63) is 27.2 Å². The smallest absolute Gasteiger partial charge is 0.303 e. The van der Waals surface area contributed by atoms with Crippen LogP contribution < -0.4 is 11.2 Å². The minimum absolute atomic E-state index is 0.317. The minimum atomic E-state index is -0.333. The minimum Gasteiger partial charge on any atom is -0.303 e. The third-order valence-electron chi connectivity index (χ3n) is 4.01. The molecular formula is C13H19N5O2. The van der Waals surface area contributed by atoms with Crippen molar-refractivity contribution in [1.29, 1.82) is 0 Å². The number of nitrogens with zero attached hydrogens (tertiary/aromatic N) is 5. The highest BCUT2D eigenvalue weighted by molar-refractivity contribution is 5.69. The van der Waals surface area contributed by atoms with Crippen LogP contribution in [0.25, 0.3) is 11.2 Å². The molecular weight excluding hydrogens is 258 g/mol. The average Bonchev–Trinajstić information content (AvgIpc) is 2.88. The van der Waals surface area contributed by atoms with Gasteiger partial charge < -0.3 is 4.57 Å². The molecule has 0 radical (unpaired) electrons. The van der Waals surface area contributed by atoms with Gasteiger partial charge in [-0.3, -0.25) is 18.8 Å². The van der Waals surface area contributed by atoms with Crippen LogP contribution in [0.15, 0.2) is 15.9 Å². The van der Waals surface area contributed by atoms with E-state index in [-0.39, 0.29) is 11.2 Å². The maximum atomic E-state index is 12.1. The number of aryl methyl sites for hydroxylation is 1. The van der Waals surface area contributed by atoms with Gasteiger partial charge >= 0.3 is 5.69 Å². The first kappa shape index (κ1) is 13.1. The van der Waals surface area contributed by atoms with Crippen LogP contribution in [0.1, 0.15) is 19.3 Å². The number of hydrogen-bond donors (Lipinski definition) is 0. The second-order valence-corrected chi connectivity index (χ2v) is 5.41. The first-order valence-electron chi connectivity index (χ1n) is 6.93. The summed E-state index contributed by atoms with van der Waals surface area (Å²) in [6, 6.07) is 0. The van der Waals surface area contributed by atoms with Gasteiger partial charge in [-0.15, -0.1) is 0 Å². The van der Waals surface area contributed by atoms with Crippen molar-refractivity contribution in [2.45, 2.75) is 25.9 Å². The predicted molar refractivity (Wildman–Crippen MR) is 75.6 cm³/mol. The Morgan fingerprint density at radius 1 is 1.10 bits per heavy atom. The molecule has 1 fully saturated rings. The molecule has 0 amide bonds. The molecule has 2 aromatic rings. The first-order valence-corrected chi connectivity index (χ1v) is 6.93. The zero-order valence-electron chi connectivity index (χ0n) is 11.9. The molecule has 0 unspecified atom stereocenters. The number of imidazole rings is 1. The average molecular weight is 277 g/mol. The van der Waals surface area contributed by atoms with Crippen molar-refractivity contribution in [2.75, 3.05) is 13.1 Å². The summed E-state index contributed by atoms with van der Waals surface area (Å²) < 4.78 is 4.48. The van der Waals surface area contributed by atoms with Gasteiger partial charge in [0.05, 0.1) is 13.0 Å². The lowest BCUT2D eigenvalue weighted by atomic mass is 10.1. The lowest BCUT2D eigenvalue weighted by molar-refractivity contribution is 0.184. The van der Waals surface area contributed by atoms with Gasteiger partial charge in [-0.2, -0.15) is 0 Å². The number of fused-ring (bicyclic) bond motifs is 1. The molecule has 0 saturated carbocycles. The molecule has 108 valence electrons. The number of likely N-dealkylation sites (tertiary alicyclic amines) is 1. The molecule has 0 spiro atoms. The maximum absolute atomic E-state index is 12.1. The van der Waals surface area contributed by atoms with E-state index in [0.29, 0.717) is 17.8 Å². The van der Waals surface area contributed by atoms with Crippen LogP contribution in [0, 0.1) is 0 Å². The summed E-state index contributed by atoms with van der Waals surface area (Å²) in [7, 11) is 3.16. The van der Waals surface area contributed by atoms with Crippen molar-refractivity contribution in [1.82, 2.24) is 23.6 Å². The summed E-state index contributed by atoms with van der Waals surface area (Å²) in [5.41, 5.74) is 0.304. The third-order valence-corrected chi connectivity index (χ3v) is 4.01. The molecule has 3 rings (SSSR count). The van der Waals surface area contributed by atoms with E-state index in [9.17, 15) is 9.59 Å². The molecule has 0 aromatic carbocycles. The van der Waals surface area contributed by atoms with Crippen LogP contribution in [0.5, 0.6) is 0 Å². The fourth-order valence-corrected chi connectivity index (χ4v) is 2.86. The van der Waals surface area contributed by atoms with Gasteiger partial charge in [0.1, 0.15) is 0 Å². The van der Waals surface area contributed by atoms with E-state index in [4.69, 9.17) is 0 Å². The summed E-state index contributed by atoms with van der Waals surface area (Å²) in [4.78, 5) is 30.6. The summed E-state index contributed by atoms with van der Waals surface area (Å²) in [6.45, 7) is 2.79. The molecule has 0 N–H and O–H groups in total. The van der Waals surface area contributed by atoms with E-state index < -0.39 is 0 Å². The van der Waals surface area contributed by atoms with Crippen LogP contribution in [0.2, 0.25) is 0 Å². The topological polar surface area (TPSA) is 65.1 Å². The van der Waals surface area contributed by atoms with Gasteiger partial charge in [0.15, 0.2) is 11.2 Å². The normalized spacial score (nSPS) is 16.9. The molecule has 0 aliphatic carbocycles. The van der Waals surface area contributed by atoms with Gasteiger partial charge in [0.2, 0.25) is 0 Å². The Labute approximate surface area is 116 Å². The molecule has 1 aliphatic rings. The van der Waals surface area contributed by atoms with E-state index in [2.05, 4.69) is 9.88 Å². The van der Waals surface area contributed by atoms with Crippen molar-refractivity contribution in [3.8, 4) is 0 Å². The summed E-state index contributed by atoms with van der Waals surface area (Å²) >= 11 is 0. The quantitative estimate of drug-likeness (QED) is 0.767. The Hall–Kier alpha value is -1.89. The zero-order valence-corrected chi connectivity index (χ0v) is 11.9. The second kappa shape index (κ2) is 4.90. The number of aromatic nitrogens is 4. The SMILES string of the molecule is Cn1c(=O)c2ncn(CN3CCCCC3)c2n(C)c1=O. The highest BCUT2D eigenvalue weighted by atomic mass is 16.2. The van der Waals surface area contributed by atoms with Crippen LogP contribution >= 0.6 is 0 Å². The molecule has 1 saturated heterocycles. The highest BCUT2D eigenvalue weighted by Crippen LogP contribution is 2.12. The Kier molecular flexibility index (Phi) is 3.21. The highest BCUT2D eigenvalue weighted by Gasteiger charge is 2.16. The lowest BCUT2D eigenvalue weighted by Gasteiger charge is -2.26. The second-order valence-electron chi connectivity index (χ2n) is 5.41. The monoisotopic (exact) mass is 277 g/mol. The molecule has 1 aliphatic heterocycles. The number of hydrogen-bond acceptors (Lipinski definition) is 4. The van der Waals surface area contributed by atoms with E-state index in [1.54, 1.807) is 13.4 Å². The maximum Gasteiger partial charge on any atom is 0.332 e. The van der Waals surface area contributed by atoms with E-state index >= 15 is 0 Å². The largest absolute Gasteiger partial charge is 0.332 e. The Bertz CT molecular complexity index is 748. The Morgan fingerprint density at radius 3 is 2.50 bits per heavy atom. The van der Waals surface area contributed by atoms with Crippen molar-refractivity contribution >= 4 is 11.2 Å². The molecule has 20 heavy (non-hydrogen) atoms. The van der Waals surface area contributed by atoms with Gasteiger partial charge in [0, 0.05) is 14.1 Å². The van der Waals surface area contributed by atoms with Gasteiger partial charge in [-0.1, -0.05) is 6.42 Å². The lowest BCUT2D eigenvalue weighted by Crippen LogP contribution is -2.38. The van der Waals surface area contributed by atoms with E-state index in [1.807, 2.05) is 4.57 Å². The summed E-state index contributed by atoms with van der Waals surface area (Å²) in [5.74, 6) is 0. The first-order chi connectivity index (χ1) is 9.59. The fourth-order valence-electron chi connectivity index (χ4n) is 2.86. The zero-order chi connectivity index (χ0) is 14.3. The summed E-state index contributed by atoms with van der Waals surface area (Å²) in [5, 5.41) is 0. The van der Waals surface area contributed by atoms with Crippen LogP contribution in [0.4, 0.5) is 0 Å². The number of piperidine rings is 1. The van der Waals surface area contributed by atoms with Crippen molar-refractivity contribution in [2.24, 2.45) is 14.1 Å². The van der Waals surface area contributed by atoms with Gasteiger partial charge in [-0.25, -0.2) is 9.78 Å². The number of rotatable bonds is 2. The Balaban J connectivity index is 2.09. The standard InChI is InChI=1S/C13H19N5O2/c1-15-11-10(12(19)16(2)13(15)20)14-8-18(11)9-17-6-4-3-5-7-17/h8H,3-7,9H2,1-2H3. The Morgan fingerprint density at radius 2 is 1.80 bits per heavy atom. The van der Waals surface area contributed by atoms with E-state index in [1.165, 1.54) is 30.9 Å². The van der Waals surface area contributed by atoms with Crippen LogP contribution in [-0.2, 0) is 20.8 Å². The molecule has 0 atom stereocenters. The van der Waals surface area contributed by atoms with Crippen molar-refractivity contribution < 1.29 is 0 Å². The third kappa shape index (κ3) is 1.98. The van der Waals surface area contributed by atoms with Crippen LogP contribution in [0.3, 0.4) is 0 Å². The van der Waals surface area contributed by atoms with Gasteiger partial charge in [-0.05, 0) is 25.9 Å². The molecule has 2 aromatic heterocycles. The fraction of sp³-hybridized carbons (Fsp3) is 0.615. The van der Waals surface area contributed by atoms with E-state index in [0.717, 1.165) is 17.7 Å². The van der Waals surface area contributed by atoms with Gasteiger partial charge in [0.25, 0.3) is 5.56 Å². The predicted octanol–water partition coefficient (Wildman–Crippen LogP) is -0.123. The molecule has 3 heterocycles. The summed E-state index contributed by atoms with van der Waals surface area (Å²) in [6.07, 6.45) is 5.33. The molecule has 0 bridgehead atoms. The molecule has 7 heteroatoms.